The Labute approximate surface area is 161 Å². The molecule has 1 N–H and O–H groups in total. The van der Waals surface area contributed by atoms with Gasteiger partial charge < -0.3 is 5.32 Å². The Hall–Kier alpha value is -2.25. The van der Waals surface area contributed by atoms with E-state index in [1.807, 2.05) is 31.2 Å². The number of aryl methyl sites for hydroxylation is 1. The van der Waals surface area contributed by atoms with Crippen LogP contribution in [-0.4, -0.2) is 46.3 Å². The topological polar surface area (TPSA) is 67.2 Å². The maximum atomic E-state index is 13.0. The van der Waals surface area contributed by atoms with Crippen LogP contribution in [0.15, 0.2) is 29.1 Å². The number of rotatable bonds is 5. The van der Waals surface area contributed by atoms with Gasteiger partial charge in [0.25, 0.3) is 5.56 Å². The van der Waals surface area contributed by atoms with Crippen LogP contribution in [0.1, 0.15) is 25.5 Å². The molecule has 27 heavy (non-hydrogen) atoms. The van der Waals surface area contributed by atoms with Gasteiger partial charge in [-0.2, -0.15) is 5.10 Å². The summed E-state index contributed by atoms with van der Waals surface area (Å²) in [7, 11) is 0. The van der Waals surface area contributed by atoms with Crippen LogP contribution in [0.25, 0.3) is 20.2 Å². The second kappa shape index (κ2) is 7.40. The normalized spacial score (nSPS) is 17.8. The minimum Gasteiger partial charge on any atom is -0.353 e. The van der Waals surface area contributed by atoms with Crippen LogP contribution < -0.4 is 10.9 Å². The first-order valence-corrected chi connectivity index (χ1v) is 10.3. The van der Waals surface area contributed by atoms with E-state index in [1.54, 1.807) is 11.3 Å². The highest BCUT2D eigenvalue weighted by Gasteiger charge is 2.23. The van der Waals surface area contributed by atoms with Crippen molar-refractivity contribution < 1.29 is 4.79 Å². The predicted molar refractivity (Wildman–Crippen MR) is 109 cm³/mol. The summed E-state index contributed by atoms with van der Waals surface area (Å²) in [6, 6.07) is 8.26. The second-order valence-corrected chi connectivity index (χ2v) is 8.13. The molecule has 1 atom stereocenters. The van der Waals surface area contributed by atoms with Crippen molar-refractivity contribution in [1.29, 1.82) is 0 Å². The molecule has 1 aromatic carbocycles. The molecule has 7 heteroatoms. The largest absolute Gasteiger partial charge is 0.353 e. The van der Waals surface area contributed by atoms with E-state index in [-0.39, 0.29) is 18.0 Å². The van der Waals surface area contributed by atoms with Crippen molar-refractivity contribution in [1.82, 2.24) is 20.0 Å². The number of nitrogens with zero attached hydrogens (tertiary/aromatic N) is 3. The number of carbonyl (C=O) groups is 1. The molecule has 142 valence electrons. The lowest BCUT2D eigenvalue weighted by Gasteiger charge is -2.22. The van der Waals surface area contributed by atoms with Crippen LogP contribution in [0.5, 0.6) is 0 Å². The molecule has 2 aromatic heterocycles. The second-order valence-electron chi connectivity index (χ2n) is 7.08. The third-order valence-electron chi connectivity index (χ3n) is 5.38. The van der Waals surface area contributed by atoms with Crippen molar-refractivity contribution in [2.24, 2.45) is 0 Å². The Bertz CT molecular complexity index is 1060. The Balaban J connectivity index is 1.57. The monoisotopic (exact) mass is 384 g/mol. The smallest absolute Gasteiger partial charge is 0.276 e. The minimum absolute atomic E-state index is 0.0430. The molecular formula is C20H24N4O2S. The van der Waals surface area contributed by atoms with Crippen molar-refractivity contribution in [3.63, 3.8) is 0 Å². The fourth-order valence-corrected chi connectivity index (χ4v) is 5.12. The quantitative estimate of drug-likeness (QED) is 0.734. The number of hydrogen-bond donors (Lipinski definition) is 1. The number of benzene rings is 1. The van der Waals surface area contributed by atoms with E-state index < -0.39 is 0 Å². The minimum atomic E-state index is -0.195. The van der Waals surface area contributed by atoms with Crippen LogP contribution in [-0.2, 0) is 11.3 Å². The number of nitrogens with one attached hydrogen (secondary N) is 1. The van der Waals surface area contributed by atoms with Crippen molar-refractivity contribution in [3.8, 4) is 0 Å². The van der Waals surface area contributed by atoms with E-state index in [0.29, 0.717) is 18.0 Å². The van der Waals surface area contributed by atoms with Crippen LogP contribution >= 0.6 is 11.3 Å². The van der Waals surface area contributed by atoms with Crippen molar-refractivity contribution >= 4 is 37.4 Å². The number of likely N-dealkylation sites (N-methyl/N-ethyl adjacent to an activating group) is 1. The maximum Gasteiger partial charge on any atom is 0.276 e. The summed E-state index contributed by atoms with van der Waals surface area (Å²) in [4.78, 5) is 27.8. The lowest BCUT2D eigenvalue weighted by molar-refractivity contribution is -0.122. The first-order chi connectivity index (χ1) is 13.1. The van der Waals surface area contributed by atoms with Crippen molar-refractivity contribution in [2.45, 2.75) is 39.3 Å². The van der Waals surface area contributed by atoms with Crippen molar-refractivity contribution in [3.05, 3.63) is 40.3 Å². The van der Waals surface area contributed by atoms with Gasteiger partial charge in [-0.3, -0.25) is 14.5 Å². The van der Waals surface area contributed by atoms with Gasteiger partial charge in [-0.1, -0.05) is 25.1 Å². The molecule has 1 unspecified atom stereocenters. The third kappa shape index (κ3) is 3.37. The molecule has 1 aliphatic rings. The summed E-state index contributed by atoms with van der Waals surface area (Å²) in [6.45, 7) is 6.72. The summed E-state index contributed by atoms with van der Waals surface area (Å²) in [5.41, 5.74) is 0.589. The zero-order valence-electron chi connectivity index (χ0n) is 15.7. The van der Waals surface area contributed by atoms with Crippen LogP contribution in [0.4, 0.5) is 0 Å². The number of thiophene rings is 1. The van der Waals surface area contributed by atoms with Gasteiger partial charge in [0, 0.05) is 22.7 Å². The Morgan fingerprint density at radius 1 is 1.37 bits per heavy atom. The molecule has 6 nitrogen and oxygen atoms in total. The Kier molecular flexibility index (Phi) is 4.97. The first kappa shape index (κ1) is 18.1. The highest BCUT2D eigenvalue weighted by molar-refractivity contribution is 7.26. The van der Waals surface area contributed by atoms with Gasteiger partial charge in [-0.15, -0.1) is 11.3 Å². The Morgan fingerprint density at radius 3 is 3.00 bits per heavy atom. The maximum absolute atomic E-state index is 13.0. The number of aromatic nitrogens is 2. The number of amides is 1. The van der Waals surface area contributed by atoms with E-state index in [2.05, 4.69) is 22.2 Å². The summed E-state index contributed by atoms with van der Waals surface area (Å²) >= 11 is 1.58. The van der Waals surface area contributed by atoms with E-state index in [0.717, 1.165) is 40.0 Å². The van der Waals surface area contributed by atoms with Gasteiger partial charge in [0.05, 0.1) is 15.8 Å². The molecular weight excluding hydrogens is 360 g/mol. The average molecular weight is 385 g/mol. The molecule has 0 aliphatic carbocycles. The number of carbonyl (C=O) groups excluding carboxylic acids is 1. The molecule has 1 amide bonds. The summed E-state index contributed by atoms with van der Waals surface area (Å²) in [5.74, 6) is -0.161. The summed E-state index contributed by atoms with van der Waals surface area (Å²) < 4.78 is 3.28. The number of hydrogen-bond acceptors (Lipinski definition) is 5. The summed E-state index contributed by atoms with van der Waals surface area (Å²) in [5, 5.41) is 8.98. The van der Waals surface area contributed by atoms with E-state index in [9.17, 15) is 9.59 Å². The van der Waals surface area contributed by atoms with Gasteiger partial charge in [0.2, 0.25) is 5.91 Å². The molecule has 1 fully saturated rings. The molecule has 3 heterocycles. The lowest BCUT2D eigenvalue weighted by Crippen LogP contribution is -2.42. The molecule has 0 radical (unpaired) electrons. The molecule has 3 aromatic rings. The third-order valence-corrected chi connectivity index (χ3v) is 6.66. The number of likely N-dealkylation sites (tertiary alicyclic amines) is 1. The highest BCUT2D eigenvalue weighted by atomic mass is 32.1. The highest BCUT2D eigenvalue weighted by Crippen LogP contribution is 2.32. The van der Waals surface area contributed by atoms with Gasteiger partial charge in [-0.25, -0.2) is 4.68 Å². The molecule has 1 saturated heterocycles. The Morgan fingerprint density at radius 2 is 2.19 bits per heavy atom. The fourth-order valence-electron chi connectivity index (χ4n) is 3.99. The van der Waals surface area contributed by atoms with E-state index >= 15 is 0 Å². The molecule has 0 bridgehead atoms. The van der Waals surface area contributed by atoms with Crippen LogP contribution in [0.3, 0.4) is 0 Å². The fraction of sp³-hybridized carbons (Fsp3) is 0.450. The SMILES string of the molecule is CCN1CCCC1CNC(=O)Cn1nc(C)c2sc3ccccc3c2c1=O. The van der Waals surface area contributed by atoms with E-state index in [1.165, 1.54) is 11.1 Å². The van der Waals surface area contributed by atoms with Gasteiger partial charge in [0.15, 0.2) is 0 Å². The van der Waals surface area contributed by atoms with Crippen molar-refractivity contribution in [2.75, 3.05) is 19.6 Å². The molecule has 4 rings (SSSR count). The zero-order valence-corrected chi connectivity index (χ0v) is 16.5. The zero-order chi connectivity index (χ0) is 19.0. The van der Waals surface area contributed by atoms with Gasteiger partial charge in [0.1, 0.15) is 6.54 Å². The lowest BCUT2D eigenvalue weighted by atomic mass is 10.2. The molecule has 0 spiro atoms. The van der Waals surface area contributed by atoms with Gasteiger partial charge >= 0.3 is 0 Å². The standard InChI is InChI=1S/C20H24N4O2S/c1-3-23-10-6-7-14(23)11-21-17(25)12-24-20(26)18-15-8-4-5-9-16(15)27-19(18)13(2)22-24/h4-5,8-9,14H,3,6-7,10-12H2,1-2H3,(H,21,25). The van der Waals surface area contributed by atoms with E-state index in [4.69, 9.17) is 0 Å². The van der Waals surface area contributed by atoms with Crippen LogP contribution in [0, 0.1) is 6.92 Å². The number of fused-ring (bicyclic) bond motifs is 3. The summed E-state index contributed by atoms with van der Waals surface area (Å²) in [6.07, 6.45) is 2.29. The molecule has 0 saturated carbocycles. The predicted octanol–water partition coefficient (Wildman–Crippen LogP) is 2.52. The van der Waals surface area contributed by atoms with Crippen LogP contribution in [0.2, 0.25) is 0 Å². The molecule has 1 aliphatic heterocycles. The average Bonchev–Trinajstić information content (AvgIpc) is 3.28. The first-order valence-electron chi connectivity index (χ1n) is 9.48. The van der Waals surface area contributed by atoms with Gasteiger partial charge in [-0.05, 0) is 38.9 Å².